The van der Waals surface area contributed by atoms with Gasteiger partial charge in [-0.2, -0.15) is 0 Å². The zero-order valence-electron chi connectivity index (χ0n) is 8.76. The average Bonchev–Trinajstić information content (AvgIpc) is 2.59. The predicted molar refractivity (Wildman–Crippen MR) is 57.4 cm³/mol. The summed E-state index contributed by atoms with van der Waals surface area (Å²) >= 11 is 0. The van der Waals surface area contributed by atoms with Gasteiger partial charge < -0.3 is 4.90 Å². The van der Waals surface area contributed by atoms with Gasteiger partial charge in [-0.3, -0.25) is 0 Å². The molecule has 1 aromatic carbocycles. The summed E-state index contributed by atoms with van der Waals surface area (Å²) in [6.45, 7) is 5.07. The van der Waals surface area contributed by atoms with Crippen molar-refractivity contribution in [2.45, 2.75) is 33.0 Å². The van der Waals surface area contributed by atoms with Crippen LogP contribution in [0.15, 0.2) is 18.2 Å². The third-order valence-corrected chi connectivity index (χ3v) is 2.86. The molecule has 1 aromatic rings. The minimum absolute atomic E-state index is 0.362. The Morgan fingerprint density at radius 3 is 2.86 bits per heavy atom. The molecule has 1 aliphatic heterocycles. The van der Waals surface area contributed by atoms with Crippen LogP contribution < -0.4 is 4.90 Å². The highest BCUT2D eigenvalue weighted by atomic mass is 19.1. The van der Waals surface area contributed by atoms with E-state index < -0.39 is 0 Å². The molecule has 14 heavy (non-hydrogen) atoms. The molecule has 0 saturated carbocycles. The summed E-state index contributed by atoms with van der Waals surface area (Å²) in [4.78, 5) is 2.34. The van der Waals surface area contributed by atoms with E-state index in [1.54, 1.807) is 0 Å². The molecule has 1 heterocycles. The number of anilines is 1. The van der Waals surface area contributed by atoms with E-state index >= 15 is 0 Å². The van der Waals surface area contributed by atoms with E-state index in [0.29, 0.717) is 6.04 Å². The fraction of sp³-hybridized carbons (Fsp3) is 0.500. The molecule has 1 nitrogen and oxygen atoms in total. The quantitative estimate of drug-likeness (QED) is 0.698. The highest BCUT2D eigenvalue weighted by Gasteiger charge is 2.20. The zero-order valence-corrected chi connectivity index (χ0v) is 8.76. The molecule has 0 amide bonds. The maximum absolute atomic E-state index is 12.5. The number of rotatable bonds is 2. The van der Waals surface area contributed by atoms with Crippen LogP contribution in [0.2, 0.25) is 0 Å². The molecule has 0 spiro atoms. The van der Waals surface area contributed by atoms with Gasteiger partial charge in [0.25, 0.3) is 0 Å². The lowest BCUT2D eigenvalue weighted by atomic mass is 10.1. The van der Waals surface area contributed by atoms with Crippen LogP contribution in [0.25, 0.3) is 0 Å². The van der Waals surface area contributed by atoms with Gasteiger partial charge in [0, 0.05) is 18.3 Å². The van der Waals surface area contributed by atoms with Crippen molar-refractivity contribution < 1.29 is 4.39 Å². The van der Waals surface area contributed by atoms with Gasteiger partial charge in [0.1, 0.15) is 6.67 Å². The Kier molecular flexibility index (Phi) is 2.44. The summed E-state index contributed by atoms with van der Waals surface area (Å²) in [5.74, 6) is 0. The smallest absolute Gasteiger partial charge is 0.115 e. The number of nitrogens with zero attached hydrogens (tertiary/aromatic N) is 1. The van der Waals surface area contributed by atoms with E-state index in [4.69, 9.17) is 0 Å². The first-order valence-corrected chi connectivity index (χ1v) is 5.17. The first kappa shape index (κ1) is 9.50. The van der Waals surface area contributed by atoms with Crippen molar-refractivity contribution in [1.29, 1.82) is 0 Å². The van der Waals surface area contributed by atoms with Crippen LogP contribution >= 0.6 is 0 Å². The molecular weight excluding hydrogens is 177 g/mol. The van der Waals surface area contributed by atoms with Gasteiger partial charge in [-0.25, -0.2) is 4.39 Å². The largest absolute Gasteiger partial charge is 0.369 e. The number of alkyl halides is 1. The SMILES string of the molecule is CC(C)N1CCc2ccc(CF)cc21. The van der Waals surface area contributed by atoms with Crippen LogP contribution in [0, 0.1) is 0 Å². The second kappa shape index (κ2) is 3.60. The molecule has 2 heteroatoms. The van der Waals surface area contributed by atoms with E-state index in [2.05, 4.69) is 24.8 Å². The van der Waals surface area contributed by atoms with Crippen molar-refractivity contribution in [2.75, 3.05) is 11.4 Å². The van der Waals surface area contributed by atoms with Crippen molar-refractivity contribution >= 4 is 5.69 Å². The molecule has 0 radical (unpaired) electrons. The number of benzene rings is 1. The Morgan fingerprint density at radius 1 is 1.43 bits per heavy atom. The minimum Gasteiger partial charge on any atom is -0.369 e. The molecule has 0 atom stereocenters. The van der Waals surface area contributed by atoms with E-state index in [9.17, 15) is 4.39 Å². The van der Waals surface area contributed by atoms with E-state index in [0.717, 1.165) is 18.5 Å². The van der Waals surface area contributed by atoms with Gasteiger partial charge in [-0.05, 0) is 37.5 Å². The van der Waals surface area contributed by atoms with Crippen molar-refractivity contribution in [3.63, 3.8) is 0 Å². The molecule has 0 aromatic heterocycles. The molecule has 1 aliphatic rings. The highest BCUT2D eigenvalue weighted by molar-refractivity contribution is 5.60. The van der Waals surface area contributed by atoms with E-state index in [-0.39, 0.29) is 6.67 Å². The lowest BCUT2D eigenvalue weighted by molar-refractivity contribution is 0.485. The number of fused-ring (bicyclic) bond motifs is 1. The zero-order chi connectivity index (χ0) is 10.1. The monoisotopic (exact) mass is 193 g/mol. The van der Waals surface area contributed by atoms with Gasteiger partial charge in [0.15, 0.2) is 0 Å². The fourth-order valence-electron chi connectivity index (χ4n) is 2.07. The van der Waals surface area contributed by atoms with Gasteiger partial charge in [-0.1, -0.05) is 12.1 Å². The summed E-state index contributed by atoms with van der Waals surface area (Å²) in [6.07, 6.45) is 1.10. The Bertz CT molecular complexity index is 333. The summed E-state index contributed by atoms with van der Waals surface area (Å²) in [5.41, 5.74) is 3.38. The number of hydrogen-bond donors (Lipinski definition) is 0. The Labute approximate surface area is 84.5 Å². The van der Waals surface area contributed by atoms with Crippen LogP contribution in [0.4, 0.5) is 10.1 Å². The van der Waals surface area contributed by atoms with Crippen LogP contribution in [0.1, 0.15) is 25.0 Å². The third-order valence-electron chi connectivity index (χ3n) is 2.86. The van der Waals surface area contributed by atoms with Crippen molar-refractivity contribution in [3.05, 3.63) is 29.3 Å². The summed E-state index contributed by atoms with van der Waals surface area (Å²) < 4.78 is 12.5. The Hall–Kier alpha value is -1.05. The highest BCUT2D eigenvalue weighted by Crippen LogP contribution is 2.30. The first-order valence-electron chi connectivity index (χ1n) is 5.17. The Morgan fingerprint density at radius 2 is 2.21 bits per heavy atom. The molecular formula is C12H16FN. The van der Waals surface area contributed by atoms with Crippen molar-refractivity contribution in [2.24, 2.45) is 0 Å². The summed E-state index contributed by atoms with van der Waals surface area (Å²) in [7, 11) is 0. The molecule has 0 saturated heterocycles. The molecule has 0 bridgehead atoms. The summed E-state index contributed by atoms with van der Waals surface area (Å²) in [6, 6.07) is 6.45. The van der Waals surface area contributed by atoms with E-state index in [1.165, 1.54) is 11.3 Å². The lowest BCUT2D eigenvalue weighted by Crippen LogP contribution is -2.28. The van der Waals surface area contributed by atoms with E-state index in [1.807, 2.05) is 12.1 Å². The van der Waals surface area contributed by atoms with Crippen LogP contribution in [0.5, 0.6) is 0 Å². The average molecular weight is 193 g/mol. The van der Waals surface area contributed by atoms with Gasteiger partial charge in [0.05, 0.1) is 0 Å². The second-order valence-electron chi connectivity index (χ2n) is 4.13. The standard InChI is InChI=1S/C12H16FN/c1-9(2)14-6-5-11-4-3-10(8-13)7-12(11)14/h3-4,7,9H,5-6,8H2,1-2H3. The predicted octanol–water partition coefficient (Wildman–Crippen LogP) is 2.93. The minimum atomic E-state index is -0.362. The van der Waals surface area contributed by atoms with Crippen LogP contribution in [0.3, 0.4) is 0 Å². The topological polar surface area (TPSA) is 3.24 Å². The normalized spacial score (nSPS) is 15.0. The molecule has 0 N–H and O–H groups in total. The first-order chi connectivity index (χ1) is 6.72. The van der Waals surface area contributed by atoms with Gasteiger partial charge in [-0.15, -0.1) is 0 Å². The maximum Gasteiger partial charge on any atom is 0.115 e. The van der Waals surface area contributed by atoms with Crippen LogP contribution in [-0.2, 0) is 13.1 Å². The maximum atomic E-state index is 12.5. The molecule has 0 fully saturated rings. The van der Waals surface area contributed by atoms with Gasteiger partial charge >= 0.3 is 0 Å². The Balaban J connectivity index is 2.37. The van der Waals surface area contributed by atoms with Crippen molar-refractivity contribution in [3.8, 4) is 0 Å². The summed E-state index contributed by atoms with van der Waals surface area (Å²) in [5, 5.41) is 0. The lowest BCUT2D eigenvalue weighted by Gasteiger charge is -2.24. The third kappa shape index (κ3) is 1.49. The molecule has 76 valence electrons. The molecule has 0 aliphatic carbocycles. The number of halogens is 1. The van der Waals surface area contributed by atoms with Crippen molar-refractivity contribution in [1.82, 2.24) is 0 Å². The van der Waals surface area contributed by atoms with Gasteiger partial charge in [0.2, 0.25) is 0 Å². The number of hydrogen-bond acceptors (Lipinski definition) is 1. The second-order valence-corrected chi connectivity index (χ2v) is 4.13. The fourth-order valence-corrected chi connectivity index (χ4v) is 2.07. The molecule has 0 unspecified atom stereocenters. The molecule has 2 rings (SSSR count). The van der Waals surface area contributed by atoms with Crippen LogP contribution in [-0.4, -0.2) is 12.6 Å².